The lowest BCUT2D eigenvalue weighted by molar-refractivity contribution is 0.0587. The smallest absolute Gasteiger partial charge is 0.376 e. The second-order valence-corrected chi connectivity index (χ2v) is 4.52. The van der Waals surface area contributed by atoms with Gasteiger partial charge in [0, 0.05) is 11.9 Å². The summed E-state index contributed by atoms with van der Waals surface area (Å²) < 4.78 is 4.64. The van der Waals surface area contributed by atoms with E-state index in [1.54, 1.807) is 13.0 Å². The lowest BCUT2D eigenvalue weighted by atomic mass is 10.1. The number of hydrogen-bond donors (Lipinski definition) is 3. The average molecular weight is 303 g/mol. The highest BCUT2D eigenvalue weighted by atomic mass is 16.5. The summed E-state index contributed by atoms with van der Waals surface area (Å²) in [4.78, 5) is 31.4. The second-order valence-electron chi connectivity index (χ2n) is 4.52. The molecule has 0 atom stereocenters. The Bertz CT molecular complexity index is 717. The number of urea groups is 1. The molecule has 116 valence electrons. The van der Waals surface area contributed by atoms with Crippen molar-refractivity contribution in [2.75, 3.05) is 19.1 Å². The number of aromatic nitrogens is 2. The third-order valence-corrected chi connectivity index (χ3v) is 2.85. The minimum atomic E-state index is -0.650. The molecule has 8 nitrogen and oxygen atoms in total. The minimum Gasteiger partial charge on any atom is -0.463 e. The van der Waals surface area contributed by atoms with Crippen LogP contribution in [-0.2, 0) is 4.74 Å². The quantitative estimate of drug-likeness (QED) is 0.582. The maximum Gasteiger partial charge on any atom is 0.376 e. The van der Waals surface area contributed by atoms with Crippen molar-refractivity contribution < 1.29 is 14.3 Å². The van der Waals surface area contributed by atoms with Crippen LogP contribution < -0.4 is 16.2 Å². The molecule has 2 aromatic rings. The number of hydrazine groups is 1. The van der Waals surface area contributed by atoms with Gasteiger partial charge in [-0.25, -0.2) is 19.6 Å². The molecular formula is C14H17N5O3. The van der Waals surface area contributed by atoms with Gasteiger partial charge in [0.05, 0.1) is 12.6 Å². The summed E-state index contributed by atoms with van der Waals surface area (Å²) in [5, 5.41) is 3.26. The van der Waals surface area contributed by atoms with Crippen LogP contribution in [0.2, 0.25) is 0 Å². The molecule has 0 radical (unpaired) electrons. The second kappa shape index (κ2) is 6.70. The van der Waals surface area contributed by atoms with Crippen LogP contribution in [0, 0.1) is 6.92 Å². The molecule has 2 amide bonds. The minimum absolute atomic E-state index is 0.0842. The number of nitrogens with one attached hydrogen (secondary N) is 3. The highest BCUT2D eigenvalue weighted by Gasteiger charge is 2.14. The first-order chi connectivity index (χ1) is 10.5. The predicted octanol–water partition coefficient (Wildman–Crippen LogP) is 1.37. The fourth-order valence-corrected chi connectivity index (χ4v) is 1.84. The average Bonchev–Trinajstić information content (AvgIpc) is 2.52. The van der Waals surface area contributed by atoms with Gasteiger partial charge in [0.25, 0.3) is 0 Å². The standard InChI is InChI=1S/C14H17N5O3/c1-4-15-14(21)19-18-11-9-7-8(2)5-6-10(9)16-12(17-11)13(20)22-3/h5-7H,4H2,1-3H3,(H2,15,19,21)(H,16,17,18). The number of esters is 1. The molecular weight excluding hydrogens is 286 g/mol. The van der Waals surface area contributed by atoms with Gasteiger partial charge in [0.2, 0.25) is 5.82 Å². The number of carbonyl (C=O) groups excluding carboxylic acids is 2. The Morgan fingerprint density at radius 2 is 2.05 bits per heavy atom. The Balaban J connectivity index is 2.41. The number of carbonyl (C=O) groups is 2. The van der Waals surface area contributed by atoms with Gasteiger partial charge in [-0.3, -0.25) is 10.9 Å². The number of amides is 2. The zero-order valence-corrected chi connectivity index (χ0v) is 12.6. The van der Waals surface area contributed by atoms with Crippen LogP contribution in [0.3, 0.4) is 0 Å². The highest BCUT2D eigenvalue weighted by molar-refractivity contribution is 5.94. The van der Waals surface area contributed by atoms with Crippen LogP contribution in [-0.4, -0.2) is 35.6 Å². The van der Waals surface area contributed by atoms with E-state index < -0.39 is 12.0 Å². The fraction of sp³-hybridized carbons (Fsp3) is 0.286. The fourth-order valence-electron chi connectivity index (χ4n) is 1.84. The summed E-state index contributed by atoms with van der Waals surface area (Å²) in [6.07, 6.45) is 0. The summed E-state index contributed by atoms with van der Waals surface area (Å²) in [7, 11) is 1.26. The molecule has 0 aliphatic heterocycles. The van der Waals surface area contributed by atoms with Gasteiger partial charge in [0.1, 0.15) is 0 Å². The van der Waals surface area contributed by atoms with Gasteiger partial charge in [0.15, 0.2) is 5.82 Å². The van der Waals surface area contributed by atoms with Crippen molar-refractivity contribution >= 4 is 28.7 Å². The number of ether oxygens (including phenoxy) is 1. The molecule has 1 aromatic heterocycles. The Morgan fingerprint density at radius 1 is 1.27 bits per heavy atom. The Labute approximate surface area is 127 Å². The maximum absolute atomic E-state index is 11.6. The molecule has 0 unspecified atom stereocenters. The van der Waals surface area contributed by atoms with Crippen molar-refractivity contribution in [3.63, 3.8) is 0 Å². The molecule has 22 heavy (non-hydrogen) atoms. The molecule has 8 heteroatoms. The zero-order chi connectivity index (χ0) is 16.1. The summed E-state index contributed by atoms with van der Waals surface area (Å²) >= 11 is 0. The number of methoxy groups -OCH3 is 1. The third kappa shape index (κ3) is 3.40. The molecule has 0 fully saturated rings. The molecule has 0 aliphatic rings. The highest BCUT2D eigenvalue weighted by Crippen LogP contribution is 2.21. The molecule has 1 heterocycles. The van der Waals surface area contributed by atoms with E-state index in [4.69, 9.17) is 0 Å². The third-order valence-electron chi connectivity index (χ3n) is 2.85. The van der Waals surface area contributed by atoms with Gasteiger partial charge in [-0.1, -0.05) is 11.6 Å². The van der Waals surface area contributed by atoms with Crippen LogP contribution in [0.1, 0.15) is 23.1 Å². The molecule has 0 spiro atoms. The van der Waals surface area contributed by atoms with Crippen LogP contribution in [0.5, 0.6) is 0 Å². The number of nitrogens with zero attached hydrogens (tertiary/aromatic N) is 2. The van der Waals surface area contributed by atoms with E-state index in [2.05, 4.69) is 30.9 Å². The number of hydrogen-bond acceptors (Lipinski definition) is 6. The number of aryl methyl sites for hydroxylation is 1. The first-order valence-electron chi connectivity index (χ1n) is 6.71. The Hall–Kier alpha value is -2.90. The van der Waals surface area contributed by atoms with Gasteiger partial charge < -0.3 is 10.1 Å². The van der Waals surface area contributed by atoms with Crippen molar-refractivity contribution in [3.8, 4) is 0 Å². The summed E-state index contributed by atoms with van der Waals surface area (Å²) in [5.74, 6) is -0.414. The van der Waals surface area contributed by atoms with Crippen molar-refractivity contribution in [3.05, 3.63) is 29.6 Å². The van der Waals surface area contributed by atoms with Crippen molar-refractivity contribution in [1.29, 1.82) is 0 Å². The molecule has 0 aliphatic carbocycles. The topological polar surface area (TPSA) is 105 Å². The van der Waals surface area contributed by atoms with E-state index in [-0.39, 0.29) is 5.82 Å². The van der Waals surface area contributed by atoms with Gasteiger partial charge in [-0.15, -0.1) is 0 Å². The molecule has 0 saturated carbocycles. The van der Waals surface area contributed by atoms with E-state index in [9.17, 15) is 9.59 Å². The first-order valence-corrected chi connectivity index (χ1v) is 6.71. The first kappa shape index (κ1) is 15.5. The maximum atomic E-state index is 11.6. The Kier molecular flexibility index (Phi) is 4.72. The lowest BCUT2D eigenvalue weighted by Crippen LogP contribution is -2.39. The van der Waals surface area contributed by atoms with Crippen molar-refractivity contribution in [1.82, 2.24) is 20.7 Å². The predicted molar refractivity (Wildman–Crippen MR) is 81.4 cm³/mol. The summed E-state index contributed by atoms with van der Waals surface area (Å²) in [6, 6.07) is 5.10. The summed E-state index contributed by atoms with van der Waals surface area (Å²) in [6.45, 7) is 4.22. The molecule has 0 saturated heterocycles. The van der Waals surface area contributed by atoms with Gasteiger partial charge in [-0.05, 0) is 26.0 Å². The number of fused-ring (bicyclic) bond motifs is 1. The van der Waals surface area contributed by atoms with Crippen LogP contribution >= 0.6 is 0 Å². The molecule has 0 bridgehead atoms. The monoisotopic (exact) mass is 303 g/mol. The molecule has 1 aromatic carbocycles. The molecule has 3 N–H and O–H groups in total. The van der Waals surface area contributed by atoms with E-state index in [0.29, 0.717) is 23.3 Å². The lowest BCUT2D eigenvalue weighted by Gasteiger charge is -2.12. The van der Waals surface area contributed by atoms with E-state index >= 15 is 0 Å². The summed E-state index contributed by atoms with van der Waals surface area (Å²) in [5.41, 5.74) is 6.72. The van der Waals surface area contributed by atoms with Gasteiger partial charge >= 0.3 is 12.0 Å². The molecule has 2 rings (SSSR count). The number of anilines is 1. The van der Waals surface area contributed by atoms with Crippen molar-refractivity contribution in [2.45, 2.75) is 13.8 Å². The van der Waals surface area contributed by atoms with Crippen LogP contribution in [0.15, 0.2) is 18.2 Å². The van der Waals surface area contributed by atoms with Crippen LogP contribution in [0.4, 0.5) is 10.6 Å². The largest absolute Gasteiger partial charge is 0.463 e. The van der Waals surface area contributed by atoms with E-state index in [1.165, 1.54) is 7.11 Å². The SMILES string of the molecule is CCNC(=O)NNc1nc(C(=O)OC)nc2ccc(C)cc12. The van der Waals surface area contributed by atoms with E-state index in [0.717, 1.165) is 5.56 Å². The number of rotatable bonds is 4. The Morgan fingerprint density at radius 3 is 2.73 bits per heavy atom. The van der Waals surface area contributed by atoms with E-state index in [1.807, 2.05) is 19.1 Å². The normalized spacial score (nSPS) is 10.1. The van der Waals surface area contributed by atoms with Gasteiger partial charge in [-0.2, -0.15) is 0 Å². The zero-order valence-electron chi connectivity index (χ0n) is 12.6. The van der Waals surface area contributed by atoms with Crippen molar-refractivity contribution in [2.24, 2.45) is 0 Å². The number of benzene rings is 1. The van der Waals surface area contributed by atoms with Crippen LogP contribution in [0.25, 0.3) is 10.9 Å².